The highest BCUT2D eigenvalue weighted by molar-refractivity contribution is 5.78. The van der Waals surface area contributed by atoms with Crippen molar-refractivity contribution in [1.29, 1.82) is 0 Å². The Morgan fingerprint density at radius 2 is 2.16 bits per heavy atom. The number of rotatable bonds is 6. The van der Waals surface area contributed by atoms with Crippen molar-refractivity contribution in [3.8, 4) is 0 Å². The summed E-state index contributed by atoms with van der Waals surface area (Å²) in [6, 6.07) is 0.371. The number of carboxylic acids is 1. The zero-order valence-electron chi connectivity index (χ0n) is 12.8. The Bertz CT molecular complexity index is 309. The van der Waals surface area contributed by atoms with Crippen LogP contribution in [0.3, 0.4) is 0 Å². The predicted molar refractivity (Wildman–Crippen MR) is 75.4 cm³/mol. The summed E-state index contributed by atoms with van der Waals surface area (Å²) in [6.45, 7) is 12.4. The molecule has 0 bridgehead atoms. The molecular weight excluding hydrogens is 244 g/mol. The summed E-state index contributed by atoms with van der Waals surface area (Å²) in [5, 5.41) is 12.7. The SMILES string of the molecule is CC(C)NC(C)(CC(C)N1CCOC(C)C1)C(=O)O. The summed E-state index contributed by atoms with van der Waals surface area (Å²) >= 11 is 0. The van der Waals surface area contributed by atoms with E-state index in [0.717, 1.165) is 19.7 Å². The fourth-order valence-electron chi connectivity index (χ4n) is 2.81. The topological polar surface area (TPSA) is 61.8 Å². The lowest BCUT2D eigenvalue weighted by Crippen LogP contribution is -2.57. The number of nitrogens with zero attached hydrogens (tertiary/aromatic N) is 1. The summed E-state index contributed by atoms with van der Waals surface area (Å²) in [5.41, 5.74) is -0.880. The third-order valence-electron chi connectivity index (χ3n) is 3.68. The van der Waals surface area contributed by atoms with E-state index in [2.05, 4.69) is 24.1 Å². The molecule has 0 radical (unpaired) electrons. The van der Waals surface area contributed by atoms with Gasteiger partial charge in [-0.05, 0) is 41.0 Å². The van der Waals surface area contributed by atoms with E-state index in [0.29, 0.717) is 6.42 Å². The molecule has 3 unspecified atom stereocenters. The fourth-order valence-corrected chi connectivity index (χ4v) is 2.81. The molecule has 2 N–H and O–H groups in total. The van der Waals surface area contributed by atoms with E-state index >= 15 is 0 Å². The van der Waals surface area contributed by atoms with Gasteiger partial charge in [0.15, 0.2) is 0 Å². The Labute approximate surface area is 116 Å². The van der Waals surface area contributed by atoms with Gasteiger partial charge in [0.1, 0.15) is 5.54 Å². The molecule has 1 saturated heterocycles. The van der Waals surface area contributed by atoms with Crippen molar-refractivity contribution in [2.75, 3.05) is 19.7 Å². The minimum absolute atomic E-state index is 0.150. The van der Waals surface area contributed by atoms with Crippen molar-refractivity contribution in [2.45, 2.75) is 64.8 Å². The highest BCUT2D eigenvalue weighted by Gasteiger charge is 2.37. The molecule has 5 heteroatoms. The molecule has 1 heterocycles. The molecule has 1 aliphatic heterocycles. The van der Waals surface area contributed by atoms with Crippen LogP contribution >= 0.6 is 0 Å². The smallest absolute Gasteiger partial charge is 0.323 e. The first-order valence-corrected chi connectivity index (χ1v) is 7.11. The van der Waals surface area contributed by atoms with Gasteiger partial charge < -0.3 is 9.84 Å². The number of nitrogens with one attached hydrogen (secondary N) is 1. The van der Waals surface area contributed by atoms with Crippen LogP contribution in [0.1, 0.15) is 41.0 Å². The van der Waals surface area contributed by atoms with Crippen LogP contribution in [0.25, 0.3) is 0 Å². The predicted octanol–water partition coefficient (Wildman–Crippen LogP) is 1.33. The van der Waals surface area contributed by atoms with E-state index in [4.69, 9.17) is 4.74 Å². The van der Waals surface area contributed by atoms with Crippen LogP contribution in [-0.2, 0) is 9.53 Å². The zero-order valence-corrected chi connectivity index (χ0v) is 12.8. The maximum atomic E-state index is 11.5. The molecule has 19 heavy (non-hydrogen) atoms. The Hall–Kier alpha value is -0.650. The Balaban J connectivity index is 2.65. The van der Waals surface area contributed by atoms with Gasteiger partial charge in [-0.2, -0.15) is 0 Å². The maximum absolute atomic E-state index is 11.5. The summed E-state index contributed by atoms with van der Waals surface area (Å²) < 4.78 is 5.53. The van der Waals surface area contributed by atoms with Crippen LogP contribution < -0.4 is 5.32 Å². The van der Waals surface area contributed by atoms with Crippen LogP contribution in [0.15, 0.2) is 0 Å². The number of morpholine rings is 1. The minimum atomic E-state index is -0.880. The molecule has 1 rings (SSSR count). The van der Waals surface area contributed by atoms with Crippen molar-refractivity contribution in [3.63, 3.8) is 0 Å². The monoisotopic (exact) mass is 272 g/mol. The highest BCUT2D eigenvalue weighted by Crippen LogP contribution is 2.19. The second-order valence-corrected chi connectivity index (χ2v) is 6.17. The van der Waals surface area contributed by atoms with Gasteiger partial charge >= 0.3 is 5.97 Å². The summed E-state index contributed by atoms with van der Waals surface area (Å²) in [4.78, 5) is 13.9. The van der Waals surface area contributed by atoms with Crippen LogP contribution in [0.2, 0.25) is 0 Å². The van der Waals surface area contributed by atoms with Gasteiger partial charge in [0.2, 0.25) is 0 Å². The fraction of sp³-hybridized carbons (Fsp3) is 0.929. The molecule has 1 fully saturated rings. The molecule has 0 spiro atoms. The average Bonchev–Trinajstić information content (AvgIpc) is 2.27. The second-order valence-electron chi connectivity index (χ2n) is 6.17. The van der Waals surface area contributed by atoms with Crippen molar-refractivity contribution in [1.82, 2.24) is 10.2 Å². The van der Waals surface area contributed by atoms with Crippen LogP contribution in [0.5, 0.6) is 0 Å². The lowest BCUT2D eigenvalue weighted by Gasteiger charge is -2.39. The van der Waals surface area contributed by atoms with Crippen LogP contribution in [-0.4, -0.2) is 59.4 Å². The first-order chi connectivity index (χ1) is 8.74. The number of carbonyl (C=O) groups is 1. The Morgan fingerprint density at radius 3 is 2.63 bits per heavy atom. The maximum Gasteiger partial charge on any atom is 0.323 e. The number of ether oxygens (including phenoxy) is 1. The van der Waals surface area contributed by atoms with E-state index in [1.54, 1.807) is 6.92 Å². The second kappa shape index (κ2) is 6.68. The molecule has 0 saturated carbocycles. The van der Waals surface area contributed by atoms with Gasteiger partial charge in [0, 0.05) is 25.2 Å². The molecule has 112 valence electrons. The van der Waals surface area contributed by atoms with Gasteiger partial charge in [0.05, 0.1) is 12.7 Å². The van der Waals surface area contributed by atoms with E-state index in [-0.39, 0.29) is 18.2 Å². The molecule has 0 aliphatic carbocycles. The number of aliphatic carboxylic acids is 1. The molecule has 0 aromatic heterocycles. The quantitative estimate of drug-likeness (QED) is 0.764. The normalized spacial score (nSPS) is 26.1. The number of hydrogen-bond donors (Lipinski definition) is 2. The third kappa shape index (κ3) is 4.75. The van der Waals surface area contributed by atoms with Crippen molar-refractivity contribution in [3.05, 3.63) is 0 Å². The van der Waals surface area contributed by atoms with Crippen molar-refractivity contribution < 1.29 is 14.6 Å². The molecule has 0 aromatic rings. The molecule has 5 nitrogen and oxygen atoms in total. The standard InChI is InChI=1S/C14H28N2O3/c1-10(2)15-14(5,13(17)18)8-11(3)16-6-7-19-12(4)9-16/h10-12,15H,6-9H2,1-5H3,(H,17,18). The summed E-state index contributed by atoms with van der Waals surface area (Å²) in [6.07, 6.45) is 0.818. The number of carboxylic acid groups (broad SMARTS) is 1. The molecule has 1 aliphatic rings. The highest BCUT2D eigenvalue weighted by atomic mass is 16.5. The van der Waals surface area contributed by atoms with Crippen LogP contribution in [0.4, 0.5) is 0 Å². The molecule has 3 atom stereocenters. The number of hydrogen-bond acceptors (Lipinski definition) is 4. The Kier molecular flexibility index (Phi) is 5.77. The lowest BCUT2D eigenvalue weighted by molar-refractivity contribution is -0.145. The summed E-state index contributed by atoms with van der Waals surface area (Å²) in [5.74, 6) is -0.783. The largest absolute Gasteiger partial charge is 0.480 e. The van der Waals surface area contributed by atoms with E-state index in [1.807, 2.05) is 13.8 Å². The van der Waals surface area contributed by atoms with Crippen LogP contribution in [0, 0.1) is 0 Å². The first-order valence-electron chi connectivity index (χ1n) is 7.11. The average molecular weight is 272 g/mol. The molecule has 0 aromatic carbocycles. The van der Waals surface area contributed by atoms with Gasteiger partial charge in [-0.25, -0.2) is 0 Å². The first kappa shape index (κ1) is 16.4. The van der Waals surface area contributed by atoms with Gasteiger partial charge in [-0.15, -0.1) is 0 Å². The van der Waals surface area contributed by atoms with E-state index < -0.39 is 11.5 Å². The van der Waals surface area contributed by atoms with Gasteiger partial charge in [-0.3, -0.25) is 15.0 Å². The van der Waals surface area contributed by atoms with Crippen molar-refractivity contribution in [2.24, 2.45) is 0 Å². The van der Waals surface area contributed by atoms with Gasteiger partial charge in [0.25, 0.3) is 0 Å². The summed E-state index contributed by atoms with van der Waals surface area (Å²) in [7, 11) is 0. The molecular formula is C14H28N2O3. The lowest BCUT2D eigenvalue weighted by atomic mass is 9.91. The van der Waals surface area contributed by atoms with E-state index in [9.17, 15) is 9.90 Å². The van der Waals surface area contributed by atoms with Crippen molar-refractivity contribution >= 4 is 5.97 Å². The molecule has 0 amide bonds. The Morgan fingerprint density at radius 1 is 1.53 bits per heavy atom. The van der Waals surface area contributed by atoms with Gasteiger partial charge in [-0.1, -0.05) is 0 Å². The minimum Gasteiger partial charge on any atom is -0.480 e. The third-order valence-corrected chi connectivity index (χ3v) is 3.68. The zero-order chi connectivity index (χ0) is 14.6. The van der Waals surface area contributed by atoms with E-state index in [1.165, 1.54) is 0 Å².